The summed E-state index contributed by atoms with van der Waals surface area (Å²) < 4.78 is 25.9. The van der Waals surface area contributed by atoms with Crippen molar-refractivity contribution in [2.45, 2.75) is 12.0 Å². The largest absolute Gasteiger partial charge is 0.504 e. The van der Waals surface area contributed by atoms with Crippen molar-refractivity contribution in [1.29, 1.82) is 0 Å². The zero-order valence-corrected chi connectivity index (χ0v) is 17.7. The lowest BCUT2D eigenvalue weighted by Gasteiger charge is -2.20. The average Bonchev–Trinajstić information content (AvgIpc) is 3.18. The number of esters is 2. The molecule has 0 aliphatic carbocycles. The van der Waals surface area contributed by atoms with Crippen LogP contribution in [0.3, 0.4) is 0 Å². The van der Waals surface area contributed by atoms with Crippen molar-refractivity contribution in [2.24, 2.45) is 0 Å². The third kappa shape index (κ3) is 3.70. The molecular weight excluding hydrogens is 424 g/mol. The van der Waals surface area contributed by atoms with Gasteiger partial charge >= 0.3 is 11.9 Å². The number of fused-ring (bicyclic) bond motifs is 1. The first-order chi connectivity index (χ1) is 15.3. The minimum absolute atomic E-state index is 0.00804. The van der Waals surface area contributed by atoms with E-state index in [-0.39, 0.29) is 33.9 Å². The van der Waals surface area contributed by atoms with Crippen LogP contribution in [0.15, 0.2) is 24.3 Å². The highest BCUT2D eigenvalue weighted by Gasteiger charge is 2.45. The Labute approximate surface area is 183 Å². The quantitative estimate of drug-likeness (QED) is 0.344. The number of ether oxygens (including phenoxy) is 5. The number of rotatable bonds is 6. The number of aromatic hydroxyl groups is 3. The molecule has 0 spiro atoms. The van der Waals surface area contributed by atoms with Crippen LogP contribution in [-0.2, 0) is 19.1 Å². The Bertz CT molecular complexity index is 1090. The van der Waals surface area contributed by atoms with E-state index in [1.807, 2.05) is 0 Å². The van der Waals surface area contributed by atoms with E-state index in [2.05, 4.69) is 4.74 Å². The Kier molecular flexibility index (Phi) is 6.33. The van der Waals surface area contributed by atoms with Crippen molar-refractivity contribution in [1.82, 2.24) is 0 Å². The molecule has 0 unspecified atom stereocenters. The fraction of sp³-hybridized carbons (Fsp3) is 0.273. The lowest BCUT2D eigenvalue weighted by molar-refractivity contribution is -0.144. The van der Waals surface area contributed by atoms with E-state index in [4.69, 9.17) is 18.9 Å². The summed E-state index contributed by atoms with van der Waals surface area (Å²) in [4.78, 5) is 24.3. The van der Waals surface area contributed by atoms with Crippen molar-refractivity contribution in [3.05, 3.63) is 41.0 Å². The SMILES string of the molecule is COC(=O)/C=C/c1cc2c(c(O)c1OC)O[C@H](c1ccc(O)c(O)c1OC)[C@H]2C(=O)OC. The first-order valence-electron chi connectivity index (χ1n) is 9.32. The number of methoxy groups -OCH3 is 4. The molecule has 0 amide bonds. The number of hydrogen-bond acceptors (Lipinski definition) is 10. The molecule has 1 aliphatic rings. The predicted octanol–water partition coefficient (Wildman–Crippen LogP) is 2.40. The van der Waals surface area contributed by atoms with Crippen molar-refractivity contribution in [3.63, 3.8) is 0 Å². The fourth-order valence-corrected chi connectivity index (χ4v) is 3.59. The maximum atomic E-state index is 12.7. The Morgan fingerprint density at radius 2 is 1.62 bits per heavy atom. The lowest BCUT2D eigenvalue weighted by Crippen LogP contribution is -2.20. The molecule has 2 aromatic rings. The molecule has 3 N–H and O–H groups in total. The van der Waals surface area contributed by atoms with Gasteiger partial charge in [0.25, 0.3) is 0 Å². The zero-order valence-electron chi connectivity index (χ0n) is 17.7. The molecular formula is C22H22O10. The van der Waals surface area contributed by atoms with Gasteiger partial charge in [0.1, 0.15) is 12.0 Å². The third-order valence-corrected chi connectivity index (χ3v) is 5.06. The Morgan fingerprint density at radius 1 is 0.938 bits per heavy atom. The van der Waals surface area contributed by atoms with Crippen molar-refractivity contribution in [2.75, 3.05) is 28.4 Å². The van der Waals surface area contributed by atoms with Crippen LogP contribution in [0.25, 0.3) is 6.08 Å². The summed E-state index contributed by atoms with van der Waals surface area (Å²) in [5, 5.41) is 30.8. The van der Waals surface area contributed by atoms with E-state index in [0.29, 0.717) is 0 Å². The highest BCUT2D eigenvalue weighted by Crippen LogP contribution is 2.57. The normalized spacial score (nSPS) is 16.9. The number of carbonyl (C=O) groups excluding carboxylic acids is 2. The van der Waals surface area contributed by atoms with Gasteiger partial charge in [-0.05, 0) is 24.3 Å². The monoisotopic (exact) mass is 446 g/mol. The molecule has 0 radical (unpaired) electrons. The summed E-state index contributed by atoms with van der Waals surface area (Å²) >= 11 is 0. The van der Waals surface area contributed by atoms with Crippen molar-refractivity contribution in [3.8, 4) is 34.5 Å². The molecule has 2 atom stereocenters. The maximum absolute atomic E-state index is 12.7. The smallest absolute Gasteiger partial charge is 0.330 e. The van der Waals surface area contributed by atoms with E-state index in [1.165, 1.54) is 52.7 Å². The second-order valence-corrected chi connectivity index (χ2v) is 6.72. The number of hydrogen-bond donors (Lipinski definition) is 3. The van der Waals surface area contributed by atoms with Gasteiger partial charge in [-0.25, -0.2) is 4.79 Å². The van der Waals surface area contributed by atoms with E-state index in [1.54, 1.807) is 0 Å². The summed E-state index contributed by atoms with van der Waals surface area (Å²) in [7, 11) is 5.02. The van der Waals surface area contributed by atoms with E-state index < -0.39 is 41.2 Å². The summed E-state index contributed by atoms with van der Waals surface area (Å²) in [6.45, 7) is 0. The maximum Gasteiger partial charge on any atom is 0.330 e. The van der Waals surface area contributed by atoms with Crippen LogP contribution in [0.4, 0.5) is 0 Å². The molecule has 0 aromatic heterocycles. The molecule has 1 aliphatic heterocycles. The minimum atomic E-state index is -1.07. The van der Waals surface area contributed by atoms with Crippen LogP contribution >= 0.6 is 0 Å². The van der Waals surface area contributed by atoms with Gasteiger partial charge in [0.05, 0.1) is 28.4 Å². The Morgan fingerprint density at radius 3 is 2.22 bits per heavy atom. The summed E-state index contributed by atoms with van der Waals surface area (Å²) in [5.41, 5.74) is 0.784. The fourth-order valence-electron chi connectivity index (χ4n) is 3.59. The molecule has 3 rings (SSSR count). The Hall–Kier alpha value is -4.08. The molecule has 32 heavy (non-hydrogen) atoms. The first-order valence-corrected chi connectivity index (χ1v) is 9.32. The van der Waals surface area contributed by atoms with Gasteiger partial charge in [-0.3, -0.25) is 4.79 Å². The summed E-state index contributed by atoms with van der Waals surface area (Å²) in [5.74, 6) is -3.87. The number of carbonyl (C=O) groups is 2. The molecule has 0 saturated heterocycles. The second-order valence-electron chi connectivity index (χ2n) is 6.72. The van der Waals surface area contributed by atoms with Crippen LogP contribution < -0.4 is 14.2 Å². The van der Waals surface area contributed by atoms with Gasteiger partial charge in [0.15, 0.2) is 23.0 Å². The van der Waals surface area contributed by atoms with E-state index >= 15 is 0 Å². The molecule has 0 fully saturated rings. The van der Waals surface area contributed by atoms with Crippen molar-refractivity contribution < 1.29 is 48.6 Å². The van der Waals surface area contributed by atoms with Gasteiger partial charge in [0, 0.05) is 22.8 Å². The highest BCUT2D eigenvalue weighted by atomic mass is 16.5. The molecule has 170 valence electrons. The van der Waals surface area contributed by atoms with Gasteiger partial charge in [0.2, 0.25) is 11.5 Å². The van der Waals surface area contributed by atoms with Crippen LogP contribution in [0.5, 0.6) is 34.5 Å². The van der Waals surface area contributed by atoms with Crippen molar-refractivity contribution >= 4 is 18.0 Å². The first kappa shape index (κ1) is 22.6. The summed E-state index contributed by atoms with van der Waals surface area (Å²) in [6, 6.07) is 4.16. The number of phenols is 3. The van der Waals surface area contributed by atoms with Crippen LogP contribution in [0.1, 0.15) is 28.7 Å². The predicted molar refractivity (Wildman–Crippen MR) is 110 cm³/mol. The minimum Gasteiger partial charge on any atom is -0.504 e. The number of benzene rings is 2. The standard InChI is InChI=1S/C22H22O10/c1-28-14(24)8-5-10-9-12-15(22(27)31-4)19(32-21(12)17(26)18(10)29-2)11-6-7-13(23)16(25)20(11)30-3/h5-9,15,19,23,25-26H,1-4H3/b8-5+/t15-,19+/m0/s1. The second kappa shape index (κ2) is 8.96. The molecule has 2 aromatic carbocycles. The molecule has 10 heteroatoms. The third-order valence-electron chi connectivity index (χ3n) is 5.06. The number of phenolic OH excluding ortho intramolecular Hbond substituents is 3. The van der Waals surface area contributed by atoms with Crippen LogP contribution in [-0.4, -0.2) is 55.7 Å². The van der Waals surface area contributed by atoms with E-state index in [9.17, 15) is 24.9 Å². The lowest BCUT2D eigenvalue weighted by atomic mass is 9.89. The van der Waals surface area contributed by atoms with Gasteiger partial charge < -0.3 is 39.0 Å². The zero-order chi connectivity index (χ0) is 23.6. The summed E-state index contributed by atoms with van der Waals surface area (Å²) in [6.07, 6.45) is 1.42. The Balaban J connectivity index is 2.21. The van der Waals surface area contributed by atoms with Gasteiger partial charge in [-0.15, -0.1) is 0 Å². The van der Waals surface area contributed by atoms with Crippen LogP contribution in [0, 0.1) is 0 Å². The molecule has 0 bridgehead atoms. The van der Waals surface area contributed by atoms with Gasteiger partial charge in [-0.1, -0.05) is 0 Å². The highest BCUT2D eigenvalue weighted by molar-refractivity contribution is 5.89. The van der Waals surface area contributed by atoms with Gasteiger partial charge in [-0.2, -0.15) is 0 Å². The van der Waals surface area contributed by atoms with Crippen LogP contribution in [0.2, 0.25) is 0 Å². The average molecular weight is 446 g/mol. The topological polar surface area (TPSA) is 141 Å². The molecule has 10 nitrogen and oxygen atoms in total. The van der Waals surface area contributed by atoms with E-state index in [0.717, 1.165) is 6.08 Å². The molecule has 1 heterocycles. The molecule has 0 saturated carbocycles.